The Morgan fingerprint density at radius 2 is 1.21 bits per heavy atom. The third kappa shape index (κ3) is 13.5. The van der Waals surface area contributed by atoms with E-state index in [1.54, 1.807) is 0 Å². The van der Waals surface area contributed by atoms with Crippen LogP contribution in [-0.4, -0.2) is 25.3 Å². The summed E-state index contributed by atoms with van der Waals surface area (Å²) in [5.41, 5.74) is 0.107. The van der Waals surface area contributed by atoms with Gasteiger partial charge in [0.2, 0.25) is 0 Å². The zero-order chi connectivity index (χ0) is 16.6. The molecule has 0 radical (unpaired) electrons. The first kappa shape index (κ1) is 24.2. The quantitative estimate of drug-likeness (QED) is 0.329. The van der Waals surface area contributed by atoms with E-state index >= 15 is 0 Å². The molecule has 0 saturated carbocycles. The molecule has 1 aliphatic rings. The van der Waals surface area contributed by atoms with Crippen molar-refractivity contribution in [3.8, 4) is 0 Å². The lowest BCUT2D eigenvalue weighted by Crippen LogP contribution is -2.47. The molecule has 0 bridgehead atoms. The van der Waals surface area contributed by atoms with Gasteiger partial charge in [0.15, 0.2) is 0 Å². The van der Waals surface area contributed by atoms with Crippen molar-refractivity contribution in [2.24, 2.45) is 0 Å². The molecule has 0 spiro atoms. The van der Waals surface area contributed by atoms with Crippen molar-refractivity contribution in [3.63, 3.8) is 0 Å². The zero-order valence-electron chi connectivity index (χ0n) is 16.5. The Kier molecular flexibility index (Phi) is 16.8. The molecule has 0 aromatic heterocycles. The number of morpholine rings is 1. The number of hydrogen-bond donors (Lipinski definition) is 1. The Morgan fingerprint density at radius 1 is 0.750 bits per heavy atom. The molecule has 0 aromatic rings. The fourth-order valence-corrected chi connectivity index (χ4v) is 3.63. The normalized spacial score (nSPS) is 20.8. The van der Waals surface area contributed by atoms with Crippen LogP contribution in [0.25, 0.3) is 0 Å². The third-order valence-electron chi connectivity index (χ3n) is 5.29. The van der Waals surface area contributed by atoms with E-state index in [2.05, 4.69) is 19.2 Å². The van der Waals surface area contributed by atoms with E-state index < -0.39 is 0 Å². The first-order valence-electron chi connectivity index (χ1n) is 10.6. The van der Waals surface area contributed by atoms with Gasteiger partial charge in [-0.05, 0) is 13.3 Å². The highest BCUT2D eigenvalue weighted by Crippen LogP contribution is 2.21. The van der Waals surface area contributed by atoms with Crippen molar-refractivity contribution in [2.45, 2.75) is 116 Å². The van der Waals surface area contributed by atoms with Gasteiger partial charge >= 0.3 is 0 Å². The molecule has 1 rings (SSSR count). The Morgan fingerprint density at radius 3 is 1.62 bits per heavy atom. The van der Waals surface area contributed by atoms with Gasteiger partial charge in [0, 0.05) is 13.1 Å². The molecule has 1 saturated heterocycles. The summed E-state index contributed by atoms with van der Waals surface area (Å²) in [6, 6.07) is 0. The van der Waals surface area contributed by atoms with E-state index in [0.29, 0.717) is 0 Å². The topological polar surface area (TPSA) is 21.3 Å². The maximum Gasteiger partial charge on any atom is 0.0778 e. The summed E-state index contributed by atoms with van der Waals surface area (Å²) in [7, 11) is 0. The van der Waals surface area contributed by atoms with E-state index in [1.165, 1.54) is 96.3 Å². The molecule has 0 aliphatic carbocycles. The maximum absolute atomic E-state index is 5.92. The van der Waals surface area contributed by atoms with E-state index in [9.17, 15) is 0 Å². The molecule has 24 heavy (non-hydrogen) atoms. The van der Waals surface area contributed by atoms with Gasteiger partial charge in [-0.15, -0.1) is 12.4 Å². The van der Waals surface area contributed by atoms with Crippen LogP contribution in [0.2, 0.25) is 0 Å². The van der Waals surface area contributed by atoms with E-state index in [1.807, 2.05) is 0 Å². The molecule has 1 N–H and O–H groups in total. The van der Waals surface area contributed by atoms with Crippen molar-refractivity contribution in [1.29, 1.82) is 0 Å². The Bertz CT molecular complexity index is 254. The van der Waals surface area contributed by atoms with Crippen molar-refractivity contribution >= 4 is 12.4 Å². The summed E-state index contributed by atoms with van der Waals surface area (Å²) in [5, 5.41) is 3.45. The Labute approximate surface area is 158 Å². The third-order valence-corrected chi connectivity index (χ3v) is 5.29. The van der Waals surface area contributed by atoms with Gasteiger partial charge in [0.1, 0.15) is 0 Å². The fraction of sp³-hybridized carbons (Fsp3) is 1.00. The summed E-state index contributed by atoms with van der Waals surface area (Å²) in [6.45, 7) is 7.50. The molecule has 0 aromatic carbocycles. The number of halogens is 1. The summed E-state index contributed by atoms with van der Waals surface area (Å²) in [4.78, 5) is 0. The van der Waals surface area contributed by atoms with Gasteiger partial charge in [-0.1, -0.05) is 96.8 Å². The predicted molar refractivity (Wildman–Crippen MR) is 109 cm³/mol. The SMILES string of the molecule is CCCCCCCCCCCCCCCCC1(C)CNCCO1.Cl. The molecule has 1 unspecified atom stereocenters. The molecular formula is C21H44ClNO. The molecule has 1 heterocycles. The van der Waals surface area contributed by atoms with Crippen LogP contribution in [0, 0.1) is 0 Å². The summed E-state index contributed by atoms with van der Waals surface area (Å²) in [6.07, 6.45) is 21.3. The van der Waals surface area contributed by atoms with Crippen LogP contribution in [0.5, 0.6) is 0 Å². The lowest BCUT2D eigenvalue weighted by molar-refractivity contribution is -0.0589. The second kappa shape index (κ2) is 16.7. The number of rotatable bonds is 15. The molecule has 2 nitrogen and oxygen atoms in total. The predicted octanol–water partition coefficient (Wildman–Crippen LogP) is 6.66. The molecule has 1 aliphatic heterocycles. The smallest absolute Gasteiger partial charge is 0.0778 e. The molecular weight excluding hydrogens is 318 g/mol. The van der Waals surface area contributed by atoms with Crippen LogP contribution in [0.1, 0.15) is 110 Å². The van der Waals surface area contributed by atoms with Gasteiger partial charge in [-0.25, -0.2) is 0 Å². The summed E-state index contributed by atoms with van der Waals surface area (Å²) in [5.74, 6) is 0. The van der Waals surface area contributed by atoms with Gasteiger partial charge in [0.05, 0.1) is 12.2 Å². The average Bonchev–Trinajstić information content (AvgIpc) is 2.56. The zero-order valence-corrected chi connectivity index (χ0v) is 17.4. The number of ether oxygens (including phenoxy) is 1. The monoisotopic (exact) mass is 361 g/mol. The van der Waals surface area contributed by atoms with Crippen LogP contribution in [0.4, 0.5) is 0 Å². The maximum atomic E-state index is 5.92. The molecule has 0 amide bonds. The minimum absolute atomic E-state index is 0. The van der Waals surface area contributed by atoms with Crippen LogP contribution < -0.4 is 5.32 Å². The molecule has 1 fully saturated rings. The Balaban J connectivity index is 0.00000529. The first-order valence-corrected chi connectivity index (χ1v) is 10.6. The van der Waals surface area contributed by atoms with E-state index in [0.717, 1.165) is 19.7 Å². The van der Waals surface area contributed by atoms with Gasteiger partial charge < -0.3 is 10.1 Å². The number of nitrogens with one attached hydrogen (secondary N) is 1. The number of unbranched alkanes of at least 4 members (excludes halogenated alkanes) is 13. The van der Waals surface area contributed by atoms with Crippen LogP contribution in [0.3, 0.4) is 0 Å². The lowest BCUT2D eigenvalue weighted by atomic mass is 9.96. The second-order valence-electron chi connectivity index (χ2n) is 7.82. The van der Waals surface area contributed by atoms with E-state index in [4.69, 9.17) is 4.74 Å². The molecule has 1 atom stereocenters. The van der Waals surface area contributed by atoms with E-state index in [-0.39, 0.29) is 18.0 Å². The Hall–Kier alpha value is 0.210. The van der Waals surface area contributed by atoms with Crippen molar-refractivity contribution in [1.82, 2.24) is 5.32 Å². The summed E-state index contributed by atoms with van der Waals surface area (Å²) < 4.78 is 5.92. The van der Waals surface area contributed by atoms with Crippen molar-refractivity contribution in [3.05, 3.63) is 0 Å². The largest absolute Gasteiger partial charge is 0.373 e. The summed E-state index contributed by atoms with van der Waals surface area (Å²) >= 11 is 0. The highest BCUT2D eigenvalue weighted by Gasteiger charge is 2.26. The van der Waals surface area contributed by atoms with Gasteiger partial charge in [-0.2, -0.15) is 0 Å². The molecule has 3 heteroatoms. The number of hydrogen-bond acceptors (Lipinski definition) is 2. The fourth-order valence-electron chi connectivity index (χ4n) is 3.63. The van der Waals surface area contributed by atoms with Crippen LogP contribution in [0.15, 0.2) is 0 Å². The van der Waals surface area contributed by atoms with Crippen LogP contribution in [-0.2, 0) is 4.74 Å². The minimum Gasteiger partial charge on any atom is -0.373 e. The van der Waals surface area contributed by atoms with Gasteiger partial charge in [0.25, 0.3) is 0 Å². The minimum atomic E-state index is 0. The van der Waals surface area contributed by atoms with Crippen LogP contribution >= 0.6 is 12.4 Å². The second-order valence-corrected chi connectivity index (χ2v) is 7.82. The van der Waals surface area contributed by atoms with Crippen molar-refractivity contribution in [2.75, 3.05) is 19.7 Å². The average molecular weight is 362 g/mol. The molecule has 146 valence electrons. The standard InChI is InChI=1S/C21H43NO.ClH/c1-3-4-5-6-7-8-9-10-11-12-13-14-15-16-17-21(2)20-22-18-19-23-21;/h22H,3-20H2,1-2H3;1H. The highest BCUT2D eigenvalue weighted by molar-refractivity contribution is 5.85. The first-order chi connectivity index (χ1) is 11.3. The highest BCUT2D eigenvalue weighted by atomic mass is 35.5. The van der Waals surface area contributed by atoms with Crippen molar-refractivity contribution < 1.29 is 4.74 Å². The lowest BCUT2D eigenvalue weighted by Gasteiger charge is -2.34. The van der Waals surface area contributed by atoms with Gasteiger partial charge in [-0.3, -0.25) is 0 Å².